The van der Waals surface area contributed by atoms with Crippen molar-refractivity contribution in [3.05, 3.63) is 60.3 Å². The molecule has 0 saturated carbocycles. The number of carbonyl (C=O) groups is 1. The van der Waals surface area contributed by atoms with Crippen LogP contribution in [0.4, 0.5) is 5.69 Å². The molecule has 1 amide bonds. The van der Waals surface area contributed by atoms with Gasteiger partial charge < -0.3 is 5.32 Å². The summed E-state index contributed by atoms with van der Waals surface area (Å²) in [4.78, 5) is 12.0. The third-order valence-electron chi connectivity index (χ3n) is 3.40. The molecule has 0 radical (unpaired) electrons. The van der Waals surface area contributed by atoms with E-state index in [1.165, 1.54) is 0 Å². The lowest BCUT2D eigenvalue weighted by Crippen LogP contribution is -2.15. The molecular formula is C17H17N3O. The first-order valence-electron chi connectivity index (χ1n) is 6.99. The number of carbonyl (C=O) groups excluding carboxylic acids is 1. The molecule has 3 rings (SSSR count). The van der Waals surface area contributed by atoms with Gasteiger partial charge in [0.25, 0.3) is 0 Å². The second-order valence-electron chi connectivity index (χ2n) is 5.09. The van der Waals surface area contributed by atoms with Gasteiger partial charge in [-0.1, -0.05) is 30.3 Å². The van der Waals surface area contributed by atoms with Crippen LogP contribution in [0.15, 0.2) is 54.7 Å². The molecule has 4 nitrogen and oxygen atoms in total. The molecule has 0 aliphatic carbocycles. The van der Waals surface area contributed by atoms with Crippen LogP contribution < -0.4 is 5.32 Å². The minimum absolute atomic E-state index is 0.000168. The highest BCUT2D eigenvalue weighted by molar-refractivity contribution is 5.90. The van der Waals surface area contributed by atoms with E-state index < -0.39 is 0 Å². The molecule has 1 heterocycles. The Labute approximate surface area is 123 Å². The zero-order valence-electron chi connectivity index (χ0n) is 11.9. The molecule has 0 fully saturated rings. The van der Waals surface area contributed by atoms with Gasteiger partial charge in [-0.2, -0.15) is 5.10 Å². The van der Waals surface area contributed by atoms with Crippen LogP contribution in [0.25, 0.3) is 10.9 Å². The minimum Gasteiger partial charge on any atom is -0.326 e. The van der Waals surface area contributed by atoms with Crippen molar-refractivity contribution in [1.82, 2.24) is 9.78 Å². The van der Waals surface area contributed by atoms with Gasteiger partial charge in [-0.15, -0.1) is 0 Å². The van der Waals surface area contributed by atoms with E-state index in [0.717, 1.165) is 22.2 Å². The topological polar surface area (TPSA) is 46.9 Å². The van der Waals surface area contributed by atoms with Crippen molar-refractivity contribution in [2.24, 2.45) is 0 Å². The van der Waals surface area contributed by atoms with Gasteiger partial charge in [-0.05, 0) is 30.7 Å². The van der Waals surface area contributed by atoms with E-state index in [4.69, 9.17) is 0 Å². The molecular weight excluding hydrogens is 262 g/mol. The van der Waals surface area contributed by atoms with Gasteiger partial charge in [-0.25, -0.2) is 0 Å². The van der Waals surface area contributed by atoms with Gasteiger partial charge in [0.05, 0.1) is 18.3 Å². The van der Waals surface area contributed by atoms with E-state index in [9.17, 15) is 4.79 Å². The first-order valence-corrected chi connectivity index (χ1v) is 6.99. The van der Waals surface area contributed by atoms with Crippen LogP contribution >= 0.6 is 0 Å². The summed E-state index contributed by atoms with van der Waals surface area (Å²) >= 11 is 0. The fraction of sp³-hybridized carbons (Fsp3) is 0.176. The number of benzene rings is 2. The van der Waals surface area contributed by atoms with Crippen molar-refractivity contribution in [3.8, 4) is 0 Å². The molecule has 0 atom stereocenters. The molecule has 1 N–H and O–H groups in total. The molecule has 21 heavy (non-hydrogen) atoms. The van der Waals surface area contributed by atoms with Crippen molar-refractivity contribution in [3.63, 3.8) is 0 Å². The molecule has 0 saturated heterocycles. The lowest BCUT2D eigenvalue weighted by molar-refractivity contribution is -0.116. The molecule has 0 aliphatic heterocycles. The molecule has 1 aromatic heterocycles. The zero-order chi connectivity index (χ0) is 14.7. The zero-order valence-corrected chi connectivity index (χ0v) is 11.9. The molecule has 106 valence electrons. The molecule has 2 aromatic carbocycles. The normalized spacial score (nSPS) is 10.7. The summed E-state index contributed by atoms with van der Waals surface area (Å²) in [5.41, 5.74) is 3.03. The first kappa shape index (κ1) is 13.4. The Morgan fingerprint density at radius 2 is 2.05 bits per heavy atom. The molecule has 0 unspecified atom stereocenters. The number of nitrogens with zero attached hydrogens (tertiary/aromatic N) is 2. The number of fused-ring (bicyclic) bond motifs is 1. The van der Waals surface area contributed by atoms with Crippen LogP contribution in [0.3, 0.4) is 0 Å². The predicted molar refractivity (Wildman–Crippen MR) is 84.2 cm³/mol. The Balaban J connectivity index is 1.63. The summed E-state index contributed by atoms with van der Waals surface area (Å²) in [5, 5.41) is 8.33. The Hall–Kier alpha value is -2.62. The lowest BCUT2D eigenvalue weighted by Gasteiger charge is -2.07. The standard InChI is InChI=1S/C17H17N3O/c1-13-5-4-7-15(11-13)19-17(21)9-10-20-16-8-3-2-6-14(16)12-18-20/h2-8,11-12H,9-10H2,1H3,(H,19,21). The average Bonchev–Trinajstić information content (AvgIpc) is 2.88. The van der Waals surface area contributed by atoms with Crippen LogP contribution in [0.1, 0.15) is 12.0 Å². The Morgan fingerprint density at radius 3 is 2.90 bits per heavy atom. The summed E-state index contributed by atoms with van der Waals surface area (Å²) < 4.78 is 1.87. The van der Waals surface area contributed by atoms with Gasteiger partial charge in [0, 0.05) is 17.5 Å². The maximum atomic E-state index is 12.0. The lowest BCUT2D eigenvalue weighted by atomic mass is 10.2. The van der Waals surface area contributed by atoms with Crippen LogP contribution in [0.2, 0.25) is 0 Å². The van der Waals surface area contributed by atoms with Gasteiger partial charge in [0.15, 0.2) is 0 Å². The number of rotatable bonds is 4. The minimum atomic E-state index is 0.000168. The van der Waals surface area contributed by atoms with E-state index in [1.54, 1.807) is 0 Å². The second-order valence-corrected chi connectivity index (χ2v) is 5.09. The SMILES string of the molecule is Cc1cccc(NC(=O)CCn2ncc3ccccc32)c1. The van der Waals surface area contributed by atoms with E-state index >= 15 is 0 Å². The molecule has 3 aromatic rings. The number of nitrogens with one attached hydrogen (secondary N) is 1. The van der Waals surface area contributed by atoms with Crippen molar-refractivity contribution in [1.29, 1.82) is 0 Å². The van der Waals surface area contributed by atoms with Gasteiger partial charge in [0.2, 0.25) is 5.91 Å². The number of hydrogen-bond donors (Lipinski definition) is 1. The number of aryl methyl sites for hydroxylation is 2. The molecule has 0 spiro atoms. The Morgan fingerprint density at radius 1 is 1.19 bits per heavy atom. The van der Waals surface area contributed by atoms with E-state index in [0.29, 0.717) is 13.0 Å². The number of para-hydroxylation sites is 1. The number of anilines is 1. The quantitative estimate of drug-likeness (QED) is 0.796. The van der Waals surface area contributed by atoms with Crippen molar-refractivity contribution in [2.75, 3.05) is 5.32 Å². The molecule has 0 bridgehead atoms. The maximum absolute atomic E-state index is 12.0. The van der Waals surface area contributed by atoms with Crippen LogP contribution in [0, 0.1) is 6.92 Å². The van der Waals surface area contributed by atoms with Crippen LogP contribution in [-0.2, 0) is 11.3 Å². The van der Waals surface area contributed by atoms with Crippen LogP contribution in [-0.4, -0.2) is 15.7 Å². The summed E-state index contributed by atoms with van der Waals surface area (Å²) in [5.74, 6) is 0.000168. The number of hydrogen-bond acceptors (Lipinski definition) is 2. The van der Waals surface area contributed by atoms with Crippen molar-refractivity contribution in [2.45, 2.75) is 19.9 Å². The Bertz CT molecular complexity index is 776. The number of amides is 1. The van der Waals surface area contributed by atoms with E-state index in [1.807, 2.05) is 66.3 Å². The van der Waals surface area contributed by atoms with Crippen molar-refractivity contribution < 1.29 is 4.79 Å². The largest absolute Gasteiger partial charge is 0.326 e. The van der Waals surface area contributed by atoms with Crippen LogP contribution in [0.5, 0.6) is 0 Å². The Kier molecular flexibility index (Phi) is 3.69. The van der Waals surface area contributed by atoms with Gasteiger partial charge in [-0.3, -0.25) is 9.48 Å². The van der Waals surface area contributed by atoms with Crippen molar-refractivity contribution >= 4 is 22.5 Å². The monoisotopic (exact) mass is 279 g/mol. The highest BCUT2D eigenvalue weighted by Gasteiger charge is 2.06. The van der Waals surface area contributed by atoms with Gasteiger partial charge >= 0.3 is 0 Å². The summed E-state index contributed by atoms with van der Waals surface area (Å²) in [6, 6.07) is 15.8. The summed E-state index contributed by atoms with van der Waals surface area (Å²) in [6.07, 6.45) is 2.23. The fourth-order valence-electron chi connectivity index (χ4n) is 2.36. The van der Waals surface area contributed by atoms with Gasteiger partial charge in [0.1, 0.15) is 0 Å². The first-order chi connectivity index (χ1) is 10.2. The average molecular weight is 279 g/mol. The van der Waals surface area contributed by atoms with E-state index in [-0.39, 0.29) is 5.91 Å². The highest BCUT2D eigenvalue weighted by atomic mass is 16.1. The third kappa shape index (κ3) is 3.11. The maximum Gasteiger partial charge on any atom is 0.226 e. The predicted octanol–water partition coefficient (Wildman–Crippen LogP) is 3.37. The number of aromatic nitrogens is 2. The molecule has 0 aliphatic rings. The van der Waals surface area contributed by atoms with E-state index in [2.05, 4.69) is 10.4 Å². The summed E-state index contributed by atoms with van der Waals surface area (Å²) in [7, 11) is 0. The highest BCUT2D eigenvalue weighted by Crippen LogP contribution is 2.13. The third-order valence-corrected chi connectivity index (χ3v) is 3.40. The second kappa shape index (κ2) is 5.79. The summed E-state index contributed by atoms with van der Waals surface area (Å²) in [6.45, 7) is 2.58. The fourth-order valence-corrected chi connectivity index (χ4v) is 2.36. The molecule has 4 heteroatoms. The smallest absolute Gasteiger partial charge is 0.226 e.